The quantitative estimate of drug-likeness (QED) is 0.577. The zero-order valence-electron chi connectivity index (χ0n) is 10.7. The van der Waals surface area contributed by atoms with E-state index in [2.05, 4.69) is 28.2 Å². The Morgan fingerprint density at radius 3 is 1.40 bits per heavy atom. The van der Waals surface area contributed by atoms with Crippen molar-refractivity contribution in [2.45, 2.75) is 26.2 Å². The second-order valence-corrected chi connectivity index (χ2v) is 4.66. The van der Waals surface area contributed by atoms with Gasteiger partial charge in [-0.05, 0) is 13.1 Å². The lowest BCUT2D eigenvalue weighted by atomic mass is 10.7. The first-order valence-electron chi connectivity index (χ1n) is 5.29. The molecule has 0 heterocycles. The molecule has 0 spiro atoms. The number of rotatable bonds is 6. The van der Waals surface area contributed by atoms with Crippen molar-refractivity contribution in [3.8, 4) is 0 Å². The Balaban J connectivity index is 0. The van der Waals surface area contributed by atoms with Crippen LogP contribution >= 0.6 is 7.82 Å². The van der Waals surface area contributed by atoms with Crippen LogP contribution in [0.5, 0.6) is 0 Å². The summed E-state index contributed by atoms with van der Waals surface area (Å²) in [6, 6.07) is 0. The number of phosphoric ester groups is 1. The highest BCUT2D eigenvalue weighted by molar-refractivity contribution is 7.47. The van der Waals surface area contributed by atoms with Crippen molar-refractivity contribution in [3.05, 3.63) is 0 Å². The third-order valence-electron chi connectivity index (χ3n) is 1.28. The van der Waals surface area contributed by atoms with Gasteiger partial charge in [-0.2, -0.15) is 26.3 Å². The molecule has 0 aliphatic rings. The number of alkyl halides is 6. The molecule has 5 nitrogen and oxygen atoms in total. The van der Waals surface area contributed by atoms with Crippen LogP contribution in [0.3, 0.4) is 0 Å². The minimum Gasteiger partial charge on any atom is -0.317 e. The van der Waals surface area contributed by atoms with Gasteiger partial charge in [0.25, 0.3) is 0 Å². The monoisotopic (exact) mass is 335 g/mol. The first kappa shape index (κ1) is 21.9. The van der Waals surface area contributed by atoms with E-state index in [9.17, 15) is 30.9 Å². The highest BCUT2D eigenvalue weighted by Crippen LogP contribution is 2.45. The molecule has 0 aromatic carbocycles. The van der Waals surface area contributed by atoms with Gasteiger partial charge in [-0.1, -0.05) is 13.8 Å². The zero-order valence-corrected chi connectivity index (χ0v) is 11.6. The lowest BCUT2D eigenvalue weighted by Crippen LogP contribution is -2.19. The SMILES string of the molecule is CCNCC.O=P(O)(OCC(F)(F)F)OCC(F)(F)F. The Morgan fingerprint density at radius 2 is 1.25 bits per heavy atom. The minimum absolute atomic E-state index is 1.09. The summed E-state index contributed by atoms with van der Waals surface area (Å²) in [5, 5.41) is 3.11. The summed E-state index contributed by atoms with van der Waals surface area (Å²) in [5.41, 5.74) is 0. The Morgan fingerprint density at radius 1 is 0.950 bits per heavy atom. The maximum absolute atomic E-state index is 11.4. The molecule has 0 saturated carbocycles. The van der Waals surface area contributed by atoms with Gasteiger partial charge in [-0.15, -0.1) is 0 Å². The van der Waals surface area contributed by atoms with E-state index in [1.165, 1.54) is 0 Å². The molecule has 0 amide bonds. The molecular weight excluding hydrogens is 319 g/mol. The third-order valence-corrected chi connectivity index (χ3v) is 2.19. The largest absolute Gasteiger partial charge is 0.472 e. The van der Waals surface area contributed by atoms with E-state index in [-0.39, 0.29) is 0 Å². The fourth-order valence-electron chi connectivity index (χ4n) is 0.597. The van der Waals surface area contributed by atoms with Gasteiger partial charge in [-0.3, -0.25) is 9.05 Å². The number of phosphoric acid groups is 1. The van der Waals surface area contributed by atoms with E-state index in [0.29, 0.717) is 0 Å². The average molecular weight is 335 g/mol. The lowest BCUT2D eigenvalue weighted by molar-refractivity contribution is -0.169. The van der Waals surface area contributed by atoms with Crippen LogP contribution in [0, 0.1) is 0 Å². The number of nitrogens with one attached hydrogen (secondary N) is 1. The van der Waals surface area contributed by atoms with E-state index in [0.717, 1.165) is 13.1 Å². The molecule has 0 bridgehead atoms. The van der Waals surface area contributed by atoms with Gasteiger partial charge in [0.2, 0.25) is 0 Å². The molecule has 124 valence electrons. The molecule has 2 N–H and O–H groups in total. The molecule has 20 heavy (non-hydrogen) atoms. The highest BCUT2D eigenvalue weighted by Gasteiger charge is 2.37. The van der Waals surface area contributed by atoms with Crippen LogP contribution in [-0.4, -0.2) is 43.5 Å². The van der Waals surface area contributed by atoms with E-state index in [1.807, 2.05) is 0 Å². The molecule has 0 fully saturated rings. The van der Waals surface area contributed by atoms with Crippen molar-refractivity contribution in [2.75, 3.05) is 26.3 Å². The van der Waals surface area contributed by atoms with Gasteiger partial charge in [0.15, 0.2) is 13.2 Å². The van der Waals surface area contributed by atoms with Crippen LogP contribution in [0.15, 0.2) is 0 Å². The molecule has 0 aromatic heterocycles. The predicted molar refractivity (Wildman–Crippen MR) is 58.1 cm³/mol. The summed E-state index contributed by atoms with van der Waals surface area (Å²) >= 11 is 0. The molecule has 0 saturated heterocycles. The van der Waals surface area contributed by atoms with Crippen LogP contribution < -0.4 is 5.32 Å². The fraction of sp³-hybridized carbons (Fsp3) is 1.00. The summed E-state index contributed by atoms with van der Waals surface area (Å²) in [5.74, 6) is 0. The van der Waals surface area contributed by atoms with Crippen molar-refractivity contribution < 1.29 is 44.8 Å². The van der Waals surface area contributed by atoms with Crippen molar-refractivity contribution in [1.29, 1.82) is 0 Å². The van der Waals surface area contributed by atoms with E-state index in [4.69, 9.17) is 4.89 Å². The molecular formula is C8H16F6NO4P. The van der Waals surface area contributed by atoms with E-state index >= 15 is 0 Å². The summed E-state index contributed by atoms with van der Waals surface area (Å²) in [7, 11) is -5.33. The smallest absolute Gasteiger partial charge is 0.317 e. The van der Waals surface area contributed by atoms with Gasteiger partial charge >= 0.3 is 20.2 Å². The Kier molecular flexibility index (Phi) is 10.5. The van der Waals surface area contributed by atoms with Crippen molar-refractivity contribution in [2.24, 2.45) is 0 Å². The minimum atomic E-state index is -5.33. The number of halogens is 6. The summed E-state index contributed by atoms with van der Waals surface area (Å²) in [6.45, 7) is 2.05. The molecule has 12 heteroatoms. The molecule has 0 aliphatic heterocycles. The number of hydrogen-bond donors (Lipinski definition) is 2. The second-order valence-electron chi connectivity index (χ2n) is 3.20. The zero-order chi connectivity index (χ0) is 16.4. The average Bonchev–Trinajstić information content (AvgIpc) is 2.25. The highest BCUT2D eigenvalue weighted by atomic mass is 31.2. The molecule has 0 unspecified atom stereocenters. The van der Waals surface area contributed by atoms with Gasteiger partial charge in [0, 0.05) is 0 Å². The molecule has 0 atom stereocenters. The topological polar surface area (TPSA) is 67.8 Å². The van der Waals surface area contributed by atoms with Crippen molar-refractivity contribution in [1.82, 2.24) is 5.32 Å². The second kappa shape index (κ2) is 9.56. The molecule has 0 aromatic rings. The van der Waals surface area contributed by atoms with Gasteiger partial charge in [-0.25, -0.2) is 4.57 Å². The molecule has 0 radical (unpaired) electrons. The van der Waals surface area contributed by atoms with Crippen LogP contribution in [0.2, 0.25) is 0 Å². The van der Waals surface area contributed by atoms with Gasteiger partial charge in [0.1, 0.15) is 0 Å². The normalized spacial score (nSPS) is 12.8. The Hall–Kier alpha value is -0.350. The Labute approximate surface area is 111 Å². The van der Waals surface area contributed by atoms with E-state index in [1.54, 1.807) is 0 Å². The summed E-state index contributed by atoms with van der Waals surface area (Å²) in [4.78, 5) is 8.35. The summed E-state index contributed by atoms with van der Waals surface area (Å²) in [6.07, 6.45) is -9.86. The lowest BCUT2D eigenvalue weighted by Gasteiger charge is -2.14. The standard InChI is InChI=1S/C4H5F6O4P.C4H11N/c5-3(6,7)1-13-15(11,12)14-2-4(8,9)10;1-3-5-4-2/h1-2H2,(H,11,12);5H,3-4H2,1-2H3. The van der Waals surface area contributed by atoms with Crippen LogP contribution in [0.1, 0.15) is 13.8 Å². The van der Waals surface area contributed by atoms with E-state index < -0.39 is 33.4 Å². The van der Waals surface area contributed by atoms with Crippen molar-refractivity contribution in [3.63, 3.8) is 0 Å². The molecule has 0 rings (SSSR count). The third kappa shape index (κ3) is 20.0. The first-order chi connectivity index (χ1) is 8.83. The Bertz CT molecular complexity index is 272. The maximum atomic E-state index is 11.4. The first-order valence-corrected chi connectivity index (χ1v) is 6.78. The fourth-order valence-corrected chi connectivity index (χ4v) is 1.29. The van der Waals surface area contributed by atoms with Crippen LogP contribution in [-0.2, 0) is 13.6 Å². The van der Waals surface area contributed by atoms with Crippen LogP contribution in [0.4, 0.5) is 26.3 Å². The van der Waals surface area contributed by atoms with Crippen LogP contribution in [0.25, 0.3) is 0 Å². The maximum Gasteiger partial charge on any atom is 0.472 e. The summed E-state index contributed by atoms with van der Waals surface area (Å²) < 4.78 is 85.5. The van der Waals surface area contributed by atoms with Gasteiger partial charge in [0.05, 0.1) is 0 Å². The van der Waals surface area contributed by atoms with Crippen molar-refractivity contribution >= 4 is 7.82 Å². The molecule has 0 aliphatic carbocycles. The predicted octanol–water partition coefficient (Wildman–Crippen LogP) is 2.86. The number of hydrogen-bond acceptors (Lipinski definition) is 4. The van der Waals surface area contributed by atoms with Gasteiger partial charge < -0.3 is 10.2 Å².